The molecule has 0 radical (unpaired) electrons. The standard InChI is InChI=1S/C16H16N4O5/c1-8-14(21)18-13-9-6-4-5-7-10(9)17-11(15(22)24-2)12(16(23)25-3)20(13)19-8/h4-7,11-12,17H,1-3H3. The number of hydrogen-bond donors (Lipinski definition) is 1. The van der Waals surface area contributed by atoms with Gasteiger partial charge in [-0.25, -0.2) is 14.3 Å². The zero-order chi connectivity index (χ0) is 18.1. The highest BCUT2D eigenvalue weighted by molar-refractivity contribution is 5.91. The lowest BCUT2D eigenvalue weighted by Gasteiger charge is -2.24. The van der Waals surface area contributed by atoms with Gasteiger partial charge in [-0.05, 0) is 19.1 Å². The van der Waals surface area contributed by atoms with Crippen molar-refractivity contribution >= 4 is 17.6 Å². The summed E-state index contributed by atoms with van der Waals surface area (Å²) in [5, 5.41) is 7.17. The highest BCUT2D eigenvalue weighted by Gasteiger charge is 2.42. The second-order valence-corrected chi connectivity index (χ2v) is 5.43. The molecule has 2 unspecified atom stereocenters. The summed E-state index contributed by atoms with van der Waals surface area (Å²) < 4.78 is 10.9. The molecule has 2 heterocycles. The molecule has 2 aromatic rings. The van der Waals surface area contributed by atoms with Gasteiger partial charge < -0.3 is 14.8 Å². The van der Waals surface area contributed by atoms with Gasteiger partial charge >= 0.3 is 11.9 Å². The van der Waals surface area contributed by atoms with Gasteiger partial charge in [-0.1, -0.05) is 12.1 Å². The molecule has 1 N–H and O–H groups in total. The van der Waals surface area contributed by atoms with Crippen molar-refractivity contribution in [3.63, 3.8) is 0 Å². The number of benzene rings is 1. The van der Waals surface area contributed by atoms with Gasteiger partial charge in [-0.15, -0.1) is 0 Å². The fraction of sp³-hybridized carbons (Fsp3) is 0.312. The number of rotatable bonds is 2. The molecule has 1 aromatic heterocycles. The van der Waals surface area contributed by atoms with Crippen LogP contribution in [0.25, 0.3) is 11.4 Å². The summed E-state index contributed by atoms with van der Waals surface area (Å²) in [7, 11) is 2.43. The molecule has 0 amide bonds. The first-order valence-corrected chi connectivity index (χ1v) is 7.47. The molecule has 25 heavy (non-hydrogen) atoms. The molecule has 0 bridgehead atoms. The number of esters is 2. The Morgan fingerprint density at radius 3 is 2.52 bits per heavy atom. The first-order chi connectivity index (χ1) is 12.0. The minimum atomic E-state index is -1.19. The van der Waals surface area contributed by atoms with Crippen LogP contribution in [-0.4, -0.2) is 47.0 Å². The van der Waals surface area contributed by atoms with Gasteiger partial charge in [0.15, 0.2) is 17.9 Å². The molecule has 1 aliphatic heterocycles. The van der Waals surface area contributed by atoms with Crippen LogP contribution in [0.4, 0.5) is 5.69 Å². The molecule has 0 saturated carbocycles. The number of anilines is 1. The van der Waals surface area contributed by atoms with E-state index in [1.807, 2.05) is 0 Å². The number of nitrogens with zero attached hydrogens (tertiary/aromatic N) is 3. The maximum absolute atomic E-state index is 12.4. The monoisotopic (exact) mass is 344 g/mol. The van der Waals surface area contributed by atoms with Crippen molar-refractivity contribution in [3.05, 3.63) is 40.3 Å². The highest BCUT2D eigenvalue weighted by atomic mass is 16.5. The normalized spacial score (nSPS) is 18.2. The van der Waals surface area contributed by atoms with Crippen molar-refractivity contribution in [1.82, 2.24) is 14.8 Å². The molecule has 0 saturated heterocycles. The molecular formula is C16H16N4O5. The second-order valence-electron chi connectivity index (χ2n) is 5.43. The predicted octanol–water partition coefficient (Wildman–Crippen LogP) is 0.295. The number of hydrogen-bond acceptors (Lipinski definition) is 8. The summed E-state index contributed by atoms with van der Waals surface area (Å²) in [6, 6.07) is 4.64. The average molecular weight is 344 g/mol. The molecule has 3 rings (SSSR count). The predicted molar refractivity (Wildman–Crippen MR) is 86.9 cm³/mol. The van der Waals surface area contributed by atoms with E-state index in [2.05, 4.69) is 15.4 Å². The van der Waals surface area contributed by atoms with E-state index in [0.29, 0.717) is 11.3 Å². The fourth-order valence-corrected chi connectivity index (χ4v) is 2.72. The lowest BCUT2D eigenvalue weighted by molar-refractivity contribution is -0.152. The number of carbonyl (C=O) groups excluding carboxylic acids is 2. The summed E-state index contributed by atoms with van der Waals surface area (Å²) in [6.07, 6.45) is 0. The van der Waals surface area contributed by atoms with Gasteiger partial charge in [0.2, 0.25) is 0 Å². The number of nitrogens with one attached hydrogen (secondary N) is 1. The molecule has 9 nitrogen and oxygen atoms in total. The van der Waals surface area contributed by atoms with Crippen LogP contribution in [0, 0.1) is 6.92 Å². The highest BCUT2D eigenvalue weighted by Crippen LogP contribution is 2.33. The third-order valence-electron chi connectivity index (χ3n) is 3.95. The van der Waals surface area contributed by atoms with E-state index in [0.717, 1.165) is 0 Å². The SMILES string of the molecule is COC(=O)C1Nc2ccccc2-c2nc(=O)c(C)nn2C1C(=O)OC. The van der Waals surface area contributed by atoms with Crippen LogP contribution in [0.1, 0.15) is 11.7 Å². The smallest absolute Gasteiger partial charge is 0.333 e. The van der Waals surface area contributed by atoms with E-state index in [4.69, 9.17) is 9.47 Å². The van der Waals surface area contributed by atoms with Crippen LogP contribution in [0.15, 0.2) is 29.1 Å². The fourth-order valence-electron chi connectivity index (χ4n) is 2.72. The van der Waals surface area contributed by atoms with Gasteiger partial charge in [-0.3, -0.25) is 4.79 Å². The molecule has 9 heteroatoms. The van der Waals surface area contributed by atoms with Gasteiger partial charge in [-0.2, -0.15) is 10.1 Å². The first-order valence-electron chi connectivity index (χ1n) is 7.47. The quantitative estimate of drug-likeness (QED) is 0.774. The number of fused-ring (bicyclic) bond motifs is 3. The van der Waals surface area contributed by atoms with E-state index < -0.39 is 29.6 Å². The summed E-state index contributed by atoms with van der Waals surface area (Å²) in [6.45, 7) is 1.48. The van der Waals surface area contributed by atoms with E-state index >= 15 is 0 Å². The maximum atomic E-state index is 12.4. The number of aryl methyl sites for hydroxylation is 1. The Morgan fingerprint density at radius 1 is 1.16 bits per heavy atom. The van der Waals surface area contributed by atoms with Crippen molar-refractivity contribution < 1.29 is 19.1 Å². The summed E-state index contributed by atoms with van der Waals surface area (Å²) in [4.78, 5) is 40.8. The minimum Gasteiger partial charge on any atom is -0.467 e. The van der Waals surface area contributed by atoms with Crippen molar-refractivity contribution in [2.45, 2.75) is 19.0 Å². The Kier molecular flexibility index (Phi) is 4.22. The van der Waals surface area contributed by atoms with E-state index in [1.165, 1.54) is 25.8 Å². The molecule has 2 atom stereocenters. The third kappa shape index (κ3) is 2.73. The largest absolute Gasteiger partial charge is 0.467 e. The van der Waals surface area contributed by atoms with Crippen molar-refractivity contribution in [2.75, 3.05) is 19.5 Å². The number of para-hydroxylation sites is 1. The summed E-state index contributed by atoms with van der Waals surface area (Å²) in [5.41, 5.74) is 0.643. The van der Waals surface area contributed by atoms with Crippen molar-refractivity contribution in [1.29, 1.82) is 0 Å². The van der Waals surface area contributed by atoms with Crippen LogP contribution >= 0.6 is 0 Å². The van der Waals surface area contributed by atoms with Gasteiger partial charge in [0.1, 0.15) is 5.69 Å². The minimum absolute atomic E-state index is 0.0978. The Morgan fingerprint density at radius 2 is 1.84 bits per heavy atom. The maximum Gasteiger partial charge on any atom is 0.333 e. The lowest BCUT2D eigenvalue weighted by Crippen LogP contribution is -2.44. The topological polar surface area (TPSA) is 112 Å². The van der Waals surface area contributed by atoms with Crippen LogP contribution in [-0.2, 0) is 19.1 Å². The molecule has 0 spiro atoms. The second kappa shape index (κ2) is 6.34. The Labute approximate surface area is 142 Å². The molecule has 1 aliphatic rings. The van der Waals surface area contributed by atoms with Crippen LogP contribution in [0.2, 0.25) is 0 Å². The van der Waals surface area contributed by atoms with Crippen LogP contribution < -0.4 is 10.9 Å². The molecule has 130 valence electrons. The molecule has 0 fully saturated rings. The summed E-state index contributed by atoms with van der Waals surface area (Å²) in [5.74, 6) is -1.22. The third-order valence-corrected chi connectivity index (χ3v) is 3.95. The van der Waals surface area contributed by atoms with Crippen LogP contribution in [0.3, 0.4) is 0 Å². The van der Waals surface area contributed by atoms with E-state index in [1.54, 1.807) is 24.3 Å². The summed E-state index contributed by atoms with van der Waals surface area (Å²) >= 11 is 0. The Bertz CT molecular complexity index is 908. The molecule has 0 aliphatic carbocycles. The molecule has 1 aromatic carbocycles. The molecular weight excluding hydrogens is 328 g/mol. The first kappa shape index (κ1) is 16.6. The number of ether oxygens (including phenoxy) is 2. The zero-order valence-electron chi connectivity index (χ0n) is 13.8. The van der Waals surface area contributed by atoms with Gasteiger partial charge in [0, 0.05) is 11.3 Å². The van der Waals surface area contributed by atoms with Crippen molar-refractivity contribution in [3.8, 4) is 11.4 Å². The Balaban J connectivity index is 2.35. The average Bonchev–Trinajstić information content (AvgIpc) is 2.76. The zero-order valence-corrected chi connectivity index (χ0v) is 13.8. The number of carbonyl (C=O) groups is 2. The number of methoxy groups -OCH3 is 2. The number of aromatic nitrogens is 3. The van der Waals surface area contributed by atoms with Crippen molar-refractivity contribution in [2.24, 2.45) is 0 Å². The van der Waals surface area contributed by atoms with E-state index in [-0.39, 0.29) is 11.5 Å². The van der Waals surface area contributed by atoms with Gasteiger partial charge in [0.05, 0.1) is 14.2 Å². The van der Waals surface area contributed by atoms with E-state index in [9.17, 15) is 14.4 Å². The lowest BCUT2D eigenvalue weighted by atomic mass is 10.1. The Hall–Kier alpha value is -3.23. The van der Waals surface area contributed by atoms with Gasteiger partial charge in [0.25, 0.3) is 5.56 Å². The van der Waals surface area contributed by atoms with Crippen LogP contribution in [0.5, 0.6) is 0 Å².